The van der Waals surface area contributed by atoms with Gasteiger partial charge in [0.15, 0.2) is 0 Å². The Kier molecular flexibility index (Phi) is 7.14. The number of aromatic nitrogens is 1. The molecule has 172 valence electrons. The Bertz CT molecular complexity index is 1150. The van der Waals surface area contributed by atoms with Crippen LogP contribution in [-0.2, 0) is 9.59 Å². The number of allylic oxidation sites excluding steroid dienone is 4. The lowest BCUT2D eigenvalue weighted by Crippen LogP contribution is -2.41. The molecule has 8 heteroatoms. The van der Waals surface area contributed by atoms with E-state index in [1.165, 1.54) is 12.1 Å². The van der Waals surface area contributed by atoms with E-state index in [9.17, 15) is 14.9 Å². The standard InChI is InChI=1S/C25H30N6O2/c1-14(2)9-21(31(27)23-16(4)10-15(3)13-29-23)25(33)30-22-19-8-6-7-18(19)17(12-26)11-20(22)24(32)28-5/h9-10,13,17H,1,6-8,11,27H2,2-5H3,(H,28,32)(H,30,33)/b21-9-. The number of pyridine rings is 1. The maximum Gasteiger partial charge on any atom is 0.273 e. The summed E-state index contributed by atoms with van der Waals surface area (Å²) in [6, 6.07) is 4.25. The van der Waals surface area contributed by atoms with Gasteiger partial charge in [0.1, 0.15) is 11.5 Å². The van der Waals surface area contributed by atoms with Crippen molar-refractivity contribution in [2.24, 2.45) is 11.8 Å². The lowest BCUT2D eigenvalue weighted by atomic mass is 9.82. The first-order chi connectivity index (χ1) is 15.7. The fourth-order valence-electron chi connectivity index (χ4n) is 4.41. The van der Waals surface area contributed by atoms with Crippen LogP contribution in [0.2, 0.25) is 0 Å². The zero-order chi connectivity index (χ0) is 24.3. The first-order valence-corrected chi connectivity index (χ1v) is 10.9. The molecular formula is C25H30N6O2. The Morgan fingerprint density at radius 3 is 2.70 bits per heavy atom. The van der Waals surface area contributed by atoms with E-state index < -0.39 is 5.91 Å². The van der Waals surface area contributed by atoms with E-state index in [1.54, 1.807) is 19.2 Å². The zero-order valence-corrected chi connectivity index (χ0v) is 19.6. The molecule has 0 saturated heterocycles. The number of nitrogens with one attached hydrogen (secondary N) is 2. The highest BCUT2D eigenvalue weighted by molar-refractivity contribution is 6.01. The monoisotopic (exact) mass is 446 g/mol. The molecule has 1 aromatic rings. The van der Waals surface area contributed by atoms with E-state index in [-0.39, 0.29) is 23.9 Å². The van der Waals surface area contributed by atoms with Crippen LogP contribution in [0.15, 0.2) is 58.6 Å². The predicted octanol–water partition coefficient (Wildman–Crippen LogP) is 2.98. The van der Waals surface area contributed by atoms with Gasteiger partial charge in [0, 0.05) is 18.8 Å². The normalized spacial score (nSPS) is 17.9. The molecule has 1 unspecified atom stereocenters. The molecule has 0 aliphatic heterocycles. The van der Waals surface area contributed by atoms with Gasteiger partial charge in [-0.15, -0.1) is 0 Å². The van der Waals surface area contributed by atoms with E-state index in [0.717, 1.165) is 35.1 Å². The number of nitriles is 1. The number of aryl methyl sites for hydroxylation is 2. The molecule has 1 heterocycles. The summed E-state index contributed by atoms with van der Waals surface area (Å²) in [5.41, 5.74) is 5.35. The minimum atomic E-state index is -0.479. The van der Waals surface area contributed by atoms with Crippen molar-refractivity contribution in [2.45, 2.75) is 46.5 Å². The summed E-state index contributed by atoms with van der Waals surface area (Å²) < 4.78 is 0. The molecule has 2 amide bonds. The molecule has 0 radical (unpaired) electrons. The molecule has 2 aliphatic carbocycles. The second kappa shape index (κ2) is 9.84. The van der Waals surface area contributed by atoms with Crippen molar-refractivity contribution < 1.29 is 9.59 Å². The van der Waals surface area contributed by atoms with Crippen LogP contribution < -0.4 is 21.5 Å². The largest absolute Gasteiger partial charge is 0.355 e. The fourth-order valence-corrected chi connectivity index (χ4v) is 4.41. The number of carbonyl (C=O) groups is 2. The third-order valence-electron chi connectivity index (χ3n) is 5.88. The van der Waals surface area contributed by atoms with Crippen LogP contribution in [0.3, 0.4) is 0 Å². The summed E-state index contributed by atoms with van der Waals surface area (Å²) in [6.45, 7) is 9.45. The van der Waals surface area contributed by atoms with E-state index in [2.05, 4.69) is 28.3 Å². The topological polar surface area (TPSA) is 124 Å². The highest BCUT2D eigenvalue weighted by Gasteiger charge is 2.35. The molecule has 0 fully saturated rings. The summed E-state index contributed by atoms with van der Waals surface area (Å²) in [5, 5.41) is 16.4. The quantitative estimate of drug-likeness (QED) is 0.267. The van der Waals surface area contributed by atoms with Crippen molar-refractivity contribution in [3.63, 3.8) is 0 Å². The van der Waals surface area contributed by atoms with E-state index in [1.807, 2.05) is 19.9 Å². The molecule has 0 saturated carbocycles. The van der Waals surface area contributed by atoms with Gasteiger partial charge in [-0.2, -0.15) is 5.26 Å². The second-order valence-corrected chi connectivity index (χ2v) is 8.53. The Labute approximate surface area is 194 Å². The first-order valence-electron chi connectivity index (χ1n) is 10.9. The summed E-state index contributed by atoms with van der Waals surface area (Å²) in [5.74, 6) is 5.66. The van der Waals surface area contributed by atoms with Crippen molar-refractivity contribution in [3.05, 3.63) is 69.7 Å². The van der Waals surface area contributed by atoms with E-state index in [0.29, 0.717) is 29.1 Å². The number of amides is 2. The van der Waals surface area contributed by atoms with Crippen LogP contribution in [0.25, 0.3) is 0 Å². The Morgan fingerprint density at radius 1 is 1.36 bits per heavy atom. The number of hydrogen-bond acceptors (Lipinski definition) is 6. The van der Waals surface area contributed by atoms with Gasteiger partial charge >= 0.3 is 0 Å². The predicted molar refractivity (Wildman–Crippen MR) is 127 cm³/mol. The maximum absolute atomic E-state index is 13.5. The molecular weight excluding hydrogens is 416 g/mol. The molecule has 1 atom stereocenters. The number of hydrogen-bond donors (Lipinski definition) is 3. The Balaban J connectivity index is 2.03. The van der Waals surface area contributed by atoms with Crippen LogP contribution in [0, 0.1) is 31.1 Å². The fraction of sp³-hybridized carbons (Fsp3) is 0.360. The van der Waals surface area contributed by atoms with Crippen molar-refractivity contribution in [2.75, 3.05) is 12.1 Å². The van der Waals surface area contributed by atoms with E-state index in [4.69, 9.17) is 5.84 Å². The average molecular weight is 447 g/mol. The molecule has 8 nitrogen and oxygen atoms in total. The Hall–Kier alpha value is -3.70. The van der Waals surface area contributed by atoms with Crippen LogP contribution in [-0.4, -0.2) is 23.8 Å². The van der Waals surface area contributed by atoms with Crippen LogP contribution in [0.1, 0.15) is 43.7 Å². The van der Waals surface area contributed by atoms with Gasteiger partial charge in [0.2, 0.25) is 5.91 Å². The lowest BCUT2D eigenvalue weighted by Gasteiger charge is -2.27. The van der Waals surface area contributed by atoms with Gasteiger partial charge in [-0.05, 0) is 74.8 Å². The zero-order valence-electron chi connectivity index (χ0n) is 19.6. The summed E-state index contributed by atoms with van der Waals surface area (Å²) in [7, 11) is 1.54. The number of likely N-dealkylation sites (N-methyl/N-ethyl adjacent to an activating group) is 1. The van der Waals surface area contributed by atoms with Crippen LogP contribution >= 0.6 is 0 Å². The third-order valence-corrected chi connectivity index (χ3v) is 5.88. The van der Waals surface area contributed by atoms with Crippen LogP contribution in [0.4, 0.5) is 5.82 Å². The Morgan fingerprint density at radius 2 is 2.09 bits per heavy atom. The third kappa shape index (κ3) is 4.89. The first kappa shape index (κ1) is 24.0. The molecule has 33 heavy (non-hydrogen) atoms. The van der Waals surface area contributed by atoms with Gasteiger partial charge in [-0.25, -0.2) is 10.8 Å². The summed E-state index contributed by atoms with van der Waals surface area (Å²) >= 11 is 0. The number of nitrogens with zero attached hydrogens (tertiary/aromatic N) is 3. The number of nitrogens with two attached hydrogens (primary N) is 1. The minimum absolute atomic E-state index is 0.147. The van der Waals surface area contributed by atoms with E-state index >= 15 is 0 Å². The number of rotatable bonds is 6. The molecule has 1 aromatic heterocycles. The van der Waals surface area contributed by atoms with Crippen molar-refractivity contribution >= 4 is 17.6 Å². The molecule has 0 bridgehead atoms. The van der Waals surface area contributed by atoms with Crippen LogP contribution in [0.5, 0.6) is 0 Å². The summed E-state index contributed by atoms with van der Waals surface area (Å²) in [6.07, 6.45) is 5.90. The number of hydrazine groups is 1. The van der Waals surface area contributed by atoms with Gasteiger partial charge in [0.05, 0.1) is 17.7 Å². The smallest absolute Gasteiger partial charge is 0.273 e. The SMILES string of the molecule is C=C(C)/C=C(/C(=O)NC1=C(C(=O)NC)CC(C#N)C2=C1CCC2)N(N)c1ncc(C)cc1C. The second-order valence-electron chi connectivity index (χ2n) is 8.53. The van der Waals surface area contributed by atoms with Gasteiger partial charge in [-0.3, -0.25) is 14.6 Å². The van der Waals surface area contributed by atoms with Gasteiger partial charge in [-0.1, -0.05) is 18.2 Å². The van der Waals surface area contributed by atoms with Gasteiger partial charge in [0.25, 0.3) is 5.91 Å². The number of carbonyl (C=O) groups excluding carboxylic acids is 2. The van der Waals surface area contributed by atoms with Gasteiger partial charge < -0.3 is 10.6 Å². The minimum Gasteiger partial charge on any atom is -0.355 e. The molecule has 0 aromatic carbocycles. The molecule has 4 N–H and O–H groups in total. The maximum atomic E-state index is 13.5. The average Bonchev–Trinajstić information content (AvgIpc) is 3.26. The molecule has 3 rings (SSSR count). The highest BCUT2D eigenvalue weighted by atomic mass is 16.2. The van der Waals surface area contributed by atoms with Crippen molar-refractivity contribution in [1.29, 1.82) is 5.26 Å². The highest BCUT2D eigenvalue weighted by Crippen LogP contribution is 2.42. The lowest BCUT2D eigenvalue weighted by molar-refractivity contribution is -0.117. The van der Waals surface area contributed by atoms with Crippen molar-refractivity contribution in [3.8, 4) is 6.07 Å². The molecule has 2 aliphatic rings. The van der Waals surface area contributed by atoms with Crippen molar-refractivity contribution in [1.82, 2.24) is 15.6 Å². The summed E-state index contributed by atoms with van der Waals surface area (Å²) in [4.78, 5) is 30.6. The molecule has 0 spiro atoms. The number of anilines is 1.